The van der Waals surface area contributed by atoms with Crippen LogP contribution in [0.25, 0.3) is 11.0 Å². The van der Waals surface area contributed by atoms with Crippen molar-refractivity contribution >= 4 is 32.9 Å². The maximum absolute atomic E-state index is 13.3. The van der Waals surface area contributed by atoms with Crippen LogP contribution in [-0.4, -0.2) is 18.7 Å². The van der Waals surface area contributed by atoms with Gasteiger partial charge in [0, 0.05) is 17.0 Å². The van der Waals surface area contributed by atoms with Gasteiger partial charge < -0.3 is 18.6 Å². The highest BCUT2D eigenvalue weighted by Crippen LogP contribution is 2.65. The van der Waals surface area contributed by atoms with Gasteiger partial charge in [-0.05, 0) is 141 Å². The highest BCUT2D eigenvalue weighted by atomic mass is 79.9. The van der Waals surface area contributed by atoms with E-state index in [9.17, 15) is 9.59 Å². The van der Waals surface area contributed by atoms with Gasteiger partial charge in [-0.3, -0.25) is 4.79 Å². The Morgan fingerprint density at radius 2 is 1.74 bits per heavy atom. The third-order valence-corrected chi connectivity index (χ3v) is 14.6. The number of halogens is 1. The fourth-order valence-electron chi connectivity index (χ4n) is 11.1. The van der Waals surface area contributed by atoms with E-state index in [1.165, 1.54) is 63.4 Å². The summed E-state index contributed by atoms with van der Waals surface area (Å²) in [5.41, 5.74) is 2.32. The van der Waals surface area contributed by atoms with Crippen LogP contribution in [0.2, 0.25) is 0 Å². The van der Waals surface area contributed by atoms with E-state index >= 15 is 0 Å². The van der Waals surface area contributed by atoms with Crippen LogP contribution in [0.15, 0.2) is 67.8 Å². The van der Waals surface area contributed by atoms with Gasteiger partial charge in [0.25, 0.3) is 0 Å². The van der Waals surface area contributed by atoms with Crippen LogP contribution in [0, 0.1) is 53.3 Å². The van der Waals surface area contributed by atoms with Crippen molar-refractivity contribution in [2.24, 2.45) is 46.3 Å². The van der Waals surface area contributed by atoms with Crippen molar-refractivity contribution in [3.05, 3.63) is 74.6 Å². The molecule has 0 unspecified atom stereocenters. The molecule has 1 heterocycles. The Kier molecular flexibility index (Phi) is 11.2. The van der Waals surface area contributed by atoms with Crippen LogP contribution in [-0.2, 0) is 9.53 Å². The fraction of sp³-hybridized carbons (Fsp3) is 0.609. The summed E-state index contributed by atoms with van der Waals surface area (Å²) in [6, 6.07) is 12.2. The van der Waals surface area contributed by atoms with E-state index in [-0.39, 0.29) is 35.3 Å². The molecule has 0 aliphatic heterocycles. The summed E-state index contributed by atoms with van der Waals surface area (Å²) in [6.07, 6.45) is 17.5. The molecule has 4 aliphatic rings. The van der Waals surface area contributed by atoms with E-state index in [1.54, 1.807) is 37.3 Å². The van der Waals surface area contributed by atoms with Crippen LogP contribution < -0.4 is 14.9 Å². The van der Waals surface area contributed by atoms with Crippen LogP contribution >= 0.6 is 15.9 Å². The molecular weight excluding hydrogens is 728 g/mol. The number of hydrogen-bond acceptors (Lipinski definition) is 6. The predicted molar refractivity (Wildman–Crippen MR) is 214 cm³/mol. The zero-order chi connectivity index (χ0) is 37.5. The van der Waals surface area contributed by atoms with Gasteiger partial charge in [-0.25, -0.2) is 4.79 Å². The average Bonchev–Trinajstić information content (AvgIpc) is 3.12. The number of ether oxygens (including phenoxy) is 3. The second-order valence-electron chi connectivity index (χ2n) is 18.0. The second-order valence-corrected chi connectivity index (χ2v) is 18.9. The average molecular weight is 788 g/mol. The predicted octanol–water partition coefficient (Wildman–Crippen LogP) is 12.4. The molecule has 3 aromatic rings. The van der Waals surface area contributed by atoms with Gasteiger partial charge in [-0.2, -0.15) is 0 Å². The smallest absolute Gasteiger partial charge is 0.344 e. The molecule has 7 heteroatoms. The summed E-state index contributed by atoms with van der Waals surface area (Å²) < 4.78 is 24.6. The van der Waals surface area contributed by atoms with Gasteiger partial charge in [-0.15, -0.1) is 0 Å². The molecule has 3 saturated carbocycles. The Bertz CT molecular complexity index is 1880. The van der Waals surface area contributed by atoms with Crippen molar-refractivity contribution in [2.45, 2.75) is 125 Å². The summed E-state index contributed by atoms with van der Waals surface area (Å²) in [5, 5.41) is 0.378. The normalized spacial score (nSPS) is 30.1. The lowest BCUT2D eigenvalue weighted by Gasteiger charge is -2.61. The highest BCUT2D eigenvalue weighted by Gasteiger charge is 2.56. The van der Waals surface area contributed by atoms with Crippen molar-refractivity contribution in [3.8, 4) is 17.2 Å². The molecule has 6 nitrogen and oxygen atoms in total. The minimum absolute atomic E-state index is 0.120. The number of rotatable bonds is 11. The quantitative estimate of drug-likeness (QED) is 0.142. The number of allylic oxidation sites excluding steroid dienone is 1. The lowest BCUT2D eigenvalue weighted by molar-refractivity contribution is -0.154. The molecule has 0 amide bonds. The maximum atomic E-state index is 13.3. The molecule has 4 aliphatic carbocycles. The second kappa shape index (κ2) is 15.6. The molecular formula is C46H59BrO6. The van der Waals surface area contributed by atoms with Crippen LogP contribution in [0.5, 0.6) is 17.2 Å². The van der Waals surface area contributed by atoms with Gasteiger partial charge in [0.1, 0.15) is 28.9 Å². The van der Waals surface area contributed by atoms with E-state index < -0.39 is 0 Å². The van der Waals surface area contributed by atoms with Gasteiger partial charge in [-0.1, -0.05) is 81.5 Å². The van der Waals surface area contributed by atoms with Gasteiger partial charge >= 0.3 is 5.97 Å². The number of fused-ring (bicyclic) bond motifs is 6. The SMILES string of the molecule is Cc1oc2cc(OCC(=O)O[C@@H]3CC[C@]4(C)C(=CC[C@H]5[C@H]6CC[C@@H]([C@@H](C)CCCC(C)C)C[C@]6(C)CC[C@@H]54)C3)ccc2c(=O)c1Oc1ccc(Br)cc1. The Hall–Kier alpha value is -3.06. The molecule has 0 saturated heterocycles. The van der Waals surface area contributed by atoms with Gasteiger partial charge in [0.05, 0.1) is 5.39 Å². The third kappa shape index (κ3) is 8.02. The van der Waals surface area contributed by atoms with Crippen molar-refractivity contribution in [1.82, 2.24) is 0 Å². The van der Waals surface area contributed by atoms with Gasteiger partial charge in [0.2, 0.25) is 11.2 Å². The topological polar surface area (TPSA) is 75.0 Å². The Morgan fingerprint density at radius 3 is 2.51 bits per heavy atom. The molecule has 2 aromatic carbocycles. The summed E-state index contributed by atoms with van der Waals surface area (Å²) in [7, 11) is 0. The lowest BCUT2D eigenvalue weighted by atomic mass is 9.44. The molecule has 3 fully saturated rings. The zero-order valence-electron chi connectivity index (χ0n) is 32.7. The summed E-state index contributed by atoms with van der Waals surface area (Å²) in [5.74, 6) is 6.03. The minimum Gasteiger partial charge on any atom is -0.482 e. The molecule has 7 rings (SSSR count). The number of benzene rings is 2. The first kappa shape index (κ1) is 38.2. The van der Waals surface area contributed by atoms with Crippen LogP contribution in [0.1, 0.15) is 117 Å². The summed E-state index contributed by atoms with van der Waals surface area (Å²) in [6.45, 7) is 13.9. The molecule has 53 heavy (non-hydrogen) atoms. The summed E-state index contributed by atoms with van der Waals surface area (Å²) >= 11 is 3.41. The van der Waals surface area contributed by atoms with Crippen molar-refractivity contribution in [2.75, 3.05) is 6.61 Å². The zero-order valence-corrected chi connectivity index (χ0v) is 34.3. The van der Waals surface area contributed by atoms with E-state index in [1.807, 2.05) is 12.1 Å². The molecule has 0 bridgehead atoms. The lowest BCUT2D eigenvalue weighted by Crippen LogP contribution is -2.52. The van der Waals surface area contributed by atoms with E-state index in [0.29, 0.717) is 33.6 Å². The number of esters is 1. The summed E-state index contributed by atoms with van der Waals surface area (Å²) in [4.78, 5) is 26.3. The molecule has 0 spiro atoms. The number of carbonyl (C=O) groups is 1. The highest BCUT2D eigenvalue weighted by molar-refractivity contribution is 9.10. The van der Waals surface area contributed by atoms with Gasteiger partial charge in [0.15, 0.2) is 6.61 Å². The molecule has 8 atom stereocenters. The van der Waals surface area contributed by atoms with Crippen LogP contribution in [0.4, 0.5) is 0 Å². The first-order valence-electron chi connectivity index (χ1n) is 20.4. The molecule has 286 valence electrons. The van der Waals surface area contributed by atoms with Crippen molar-refractivity contribution < 1.29 is 23.4 Å². The Balaban J connectivity index is 0.932. The third-order valence-electron chi connectivity index (χ3n) is 14.1. The first-order chi connectivity index (χ1) is 25.3. The van der Waals surface area contributed by atoms with E-state index in [2.05, 4.69) is 56.6 Å². The Morgan fingerprint density at radius 1 is 0.962 bits per heavy atom. The standard InChI is InChI=1S/C46H59BrO6/c1-28(2)8-7-9-29(3)31-10-19-39-37-17-11-32-24-36(20-23-46(32,6)40(37)21-22-45(39,5)26-31)52-42(48)27-50-35-16-18-38-41(25-35)51-30(4)44(43(38)49)53-34-14-12-33(47)13-15-34/h11-16,18,25,28-29,31,36-37,39-40H,7-10,17,19-24,26-27H2,1-6H3/t29-,31+,36+,37-,39+,40-,45-,46+/m0/s1. The maximum Gasteiger partial charge on any atom is 0.344 e. The molecule has 1 aromatic heterocycles. The Labute approximate surface area is 324 Å². The largest absolute Gasteiger partial charge is 0.482 e. The number of carbonyl (C=O) groups excluding carboxylic acids is 1. The van der Waals surface area contributed by atoms with Crippen molar-refractivity contribution in [3.63, 3.8) is 0 Å². The van der Waals surface area contributed by atoms with Crippen molar-refractivity contribution in [1.29, 1.82) is 0 Å². The number of aryl methyl sites for hydroxylation is 1. The first-order valence-corrected chi connectivity index (χ1v) is 21.1. The van der Waals surface area contributed by atoms with E-state index in [0.717, 1.165) is 59.2 Å². The minimum atomic E-state index is -0.368. The monoisotopic (exact) mass is 786 g/mol. The molecule has 0 radical (unpaired) electrons. The van der Waals surface area contributed by atoms with E-state index in [4.69, 9.17) is 18.6 Å². The molecule has 0 N–H and O–H groups in total. The number of hydrogen-bond donors (Lipinski definition) is 0. The van der Waals surface area contributed by atoms with Crippen LogP contribution in [0.3, 0.4) is 0 Å². The fourth-order valence-corrected chi connectivity index (χ4v) is 11.3.